The van der Waals surface area contributed by atoms with E-state index in [1.54, 1.807) is 12.4 Å². The van der Waals surface area contributed by atoms with Crippen LogP contribution < -0.4 is 11.5 Å². The maximum atomic E-state index is 8.25. The van der Waals surface area contributed by atoms with Crippen LogP contribution in [0.3, 0.4) is 0 Å². The molecule has 12 nitrogen and oxygen atoms in total. The molecule has 0 aliphatic heterocycles. The van der Waals surface area contributed by atoms with Crippen LogP contribution >= 0.6 is 0 Å². The van der Waals surface area contributed by atoms with E-state index < -0.39 is 10.2 Å². The number of nitrogens with zero attached hydrogens (tertiary/aromatic N) is 4. The molecule has 13 heteroatoms. The van der Waals surface area contributed by atoms with E-state index in [0.717, 1.165) is 11.4 Å². The zero-order chi connectivity index (χ0) is 18.8. The van der Waals surface area contributed by atoms with Gasteiger partial charge in [0.25, 0.3) is 0 Å². The first-order valence-electron chi connectivity index (χ1n) is 6.20. The SMILES string of the molecule is NCCN.O=[N+]([O-])[O-].O=[N+]([O-])[O-].[Pt+2].c1ccc(-c2ccccn2)nc1. The first-order chi connectivity index (χ1) is 11.3. The molecule has 2 aromatic rings. The predicted octanol–water partition coefficient (Wildman–Crippen LogP) is 0.567. The molecule has 0 aromatic carbocycles. The molecule has 0 atom stereocenters. The summed E-state index contributed by atoms with van der Waals surface area (Å²) >= 11 is 0. The van der Waals surface area contributed by atoms with Crippen LogP contribution in [-0.2, 0) is 21.1 Å². The van der Waals surface area contributed by atoms with E-state index in [-0.39, 0.29) is 21.1 Å². The average molecular weight is 535 g/mol. The molecule has 140 valence electrons. The van der Waals surface area contributed by atoms with E-state index in [2.05, 4.69) is 9.97 Å². The van der Waals surface area contributed by atoms with Gasteiger partial charge in [-0.05, 0) is 24.3 Å². The first kappa shape index (κ1) is 27.2. The Balaban J connectivity index is -0.000000314. The summed E-state index contributed by atoms with van der Waals surface area (Å²) in [4.78, 5) is 24.9. The van der Waals surface area contributed by atoms with Crippen LogP contribution in [0.1, 0.15) is 0 Å². The zero-order valence-electron chi connectivity index (χ0n) is 12.7. The second-order valence-electron chi connectivity index (χ2n) is 3.45. The summed E-state index contributed by atoms with van der Waals surface area (Å²) in [7, 11) is 0. The summed E-state index contributed by atoms with van der Waals surface area (Å²) in [5.41, 5.74) is 11.6. The molecular weight excluding hydrogens is 519 g/mol. The smallest absolute Gasteiger partial charge is 0.356 e. The summed E-state index contributed by atoms with van der Waals surface area (Å²) in [5, 5.41) is 29.5. The van der Waals surface area contributed by atoms with E-state index in [0.29, 0.717) is 13.1 Å². The van der Waals surface area contributed by atoms with Gasteiger partial charge in [0, 0.05) is 25.5 Å². The Morgan fingerprint density at radius 1 is 0.760 bits per heavy atom. The van der Waals surface area contributed by atoms with Gasteiger partial charge in [-0.3, -0.25) is 9.97 Å². The van der Waals surface area contributed by atoms with Crippen molar-refractivity contribution in [2.24, 2.45) is 11.5 Å². The molecule has 0 aliphatic carbocycles. The van der Waals surface area contributed by atoms with Crippen molar-refractivity contribution >= 4 is 0 Å². The third-order valence-electron chi connectivity index (χ3n) is 1.76. The molecule has 25 heavy (non-hydrogen) atoms. The van der Waals surface area contributed by atoms with Crippen molar-refractivity contribution < 1.29 is 31.2 Å². The normalized spacial score (nSPS) is 7.76. The number of aromatic nitrogens is 2. The molecule has 2 heterocycles. The molecule has 2 aromatic heterocycles. The van der Waals surface area contributed by atoms with Crippen LogP contribution in [0.5, 0.6) is 0 Å². The average Bonchev–Trinajstić information content (AvgIpc) is 2.56. The largest absolute Gasteiger partial charge is 2.00 e. The van der Waals surface area contributed by atoms with Crippen molar-refractivity contribution in [1.29, 1.82) is 0 Å². The third kappa shape index (κ3) is 23.7. The molecule has 0 unspecified atom stereocenters. The molecule has 0 amide bonds. The topological polar surface area (TPSA) is 210 Å². The Bertz CT molecular complexity index is 503. The van der Waals surface area contributed by atoms with E-state index in [9.17, 15) is 0 Å². The van der Waals surface area contributed by atoms with Gasteiger partial charge in [-0.2, -0.15) is 0 Å². The summed E-state index contributed by atoms with van der Waals surface area (Å²) in [6.45, 7) is 1.19. The molecule has 0 saturated carbocycles. The monoisotopic (exact) mass is 535 g/mol. The van der Waals surface area contributed by atoms with Crippen molar-refractivity contribution in [1.82, 2.24) is 9.97 Å². The van der Waals surface area contributed by atoms with Crippen molar-refractivity contribution in [2.75, 3.05) is 13.1 Å². The van der Waals surface area contributed by atoms with Gasteiger partial charge in [-0.25, -0.2) is 0 Å². The molecule has 0 aliphatic rings. The van der Waals surface area contributed by atoms with E-state index in [1.165, 1.54) is 0 Å². The number of hydrogen-bond acceptors (Lipinski definition) is 10. The van der Waals surface area contributed by atoms with Crippen LogP contribution in [0.2, 0.25) is 0 Å². The fraction of sp³-hybridized carbons (Fsp3) is 0.167. The minimum absolute atomic E-state index is 0. The Kier molecular flexibility index (Phi) is 21.0. The predicted molar refractivity (Wildman–Crippen MR) is 86.3 cm³/mol. The number of rotatable bonds is 2. The van der Waals surface area contributed by atoms with E-state index in [1.807, 2.05) is 36.4 Å². The first-order valence-corrected chi connectivity index (χ1v) is 6.20. The third-order valence-corrected chi connectivity index (χ3v) is 1.76. The fourth-order valence-electron chi connectivity index (χ4n) is 1.03. The van der Waals surface area contributed by atoms with Gasteiger partial charge in [0.15, 0.2) is 0 Å². The Morgan fingerprint density at radius 2 is 1.04 bits per heavy atom. The Labute approximate surface area is 157 Å². The molecule has 0 radical (unpaired) electrons. The fourth-order valence-corrected chi connectivity index (χ4v) is 1.03. The van der Waals surface area contributed by atoms with Gasteiger partial charge in [0.2, 0.25) is 0 Å². The van der Waals surface area contributed by atoms with Crippen molar-refractivity contribution in [2.45, 2.75) is 0 Å². The molecule has 2 rings (SSSR count). The number of pyridine rings is 2. The minimum Gasteiger partial charge on any atom is -0.356 e. The zero-order valence-corrected chi connectivity index (χ0v) is 15.0. The molecule has 0 fully saturated rings. The van der Waals surface area contributed by atoms with Gasteiger partial charge in [0.05, 0.1) is 21.6 Å². The summed E-state index contributed by atoms with van der Waals surface area (Å²) in [5.74, 6) is 0. The van der Waals surface area contributed by atoms with Crippen molar-refractivity contribution in [3.8, 4) is 11.4 Å². The Morgan fingerprint density at radius 3 is 1.20 bits per heavy atom. The van der Waals surface area contributed by atoms with Gasteiger partial charge in [0.1, 0.15) is 0 Å². The van der Waals surface area contributed by atoms with Crippen LogP contribution in [0.15, 0.2) is 48.8 Å². The number of nitrogens with two attached hydrogens (primary N) is 2. The van der Waals surface area contributed by atoms with Crippen LogP contribution in [0, 0.1) is 30.6 Å². The van der Waals surface area contributed by atoms with Gasteiger partial charge in [-0.1, -0.05) is 12.1 Å². The minimum atomic E-state index is -1.75. The van der Waals surface area contributed by atoms with Gasteiger partial charge < -0.3 is 42.1 Å². The maximum Gasteiger partial charge on any atom is 2.00 e. The van der Waals surface area contributed by atoms with Crippen LogP contribution in [0.4, 0.5) is 0 Å². The van der Waals surface area contributed by atoms with E-state index in [4.69, 9.17) is 42.1 Å². The summed E-state index contributed by atoms with van der Waals surface area (Å²) < 4.78 is 0. The standard InChI is InChI=1S/C10H8N2.C2H8N2.2NO3.Pt/c1-3-7-11-9(5-1)10-6-2-4-8-12-10;3-1-2-4;2*2-1(3)4;/h1-8H;1-4H2;;;/q;;2*-1;+2. The molecule has 0 saturated heterocycles. The van der Waals surface area contributed by atoms with Crippen molar-refractivity contribution in [3.63, 3.8) is 0 Å². The molecular formula is C12H16N6O6Pt. The second kappa shape index (κ2) is 19.4. The molecule has 0 bridgehead atoms. The summed E-state index contributed by atoms with van der Waals surface area (Å²) in [6, 6.07) is 11.6. The van der Waals surface area contributed by atoms with Gasteiger partial charge >= 0.3 is 21.1 Å². The van der Waals surface area contributed by atoms with Crippen LogP contribution in [0.25, 0.3) is 11.4 Å². The maximum absolute atomic E-state index is 8.25. The van der Waals surface area contributed by atoms with Gasteiger partial charge in [-0.15, -0.1) is 0 Å². The summed E-state index contributed by atoms with van der Waals surface area (Å²) in [6.07, 6.45) is 3.54. The second-order valence-corrected chi connectivity index (χ2v) is 3.45. The number of hydrogen-bond donors (Lipinski definition) is 2. The molecule has 0 spiro atoms. The quantitative estimate of drug-likeness (QED) is 0.403. The van der Waals surface area contributed by atoms with Crippen molar-refractivity contribution in [3.05, 3.63) is 79.4 Å². The van der Waals surface area contributed by atoms with Crippen LogP contribution in [-0.4, -0.2) is 33.2 Å². The van der Waals surface area contributed by atoms with E-state index >= 15 is 0 Å². The molecule has 4 N–H and O–H groups in total. The Hall–Kier alpha value is -2.69.